The van der Waals surface area contributed by atoms with Crippen molar-refractivity contribution in [1.82, 2.24) is 4.31 Å². The molecule has 31 heavy (non-hydrogen) atoms. The number of carbonyl (C=O) groups excluding carboxylic acids is 1. The zero-order valence-corrected chi connectivity index (χ0v) is 18.7. The van der Waals surface area contributed by atoms with Crippen LogP contribution in [0.1, 0.15) is 30.4 Å². The highest BCUT2D eigenvalue weighted by molar-refractivity contribution is 7.89. The Morgan fingerprint density at radius 2 is 1.81 bits per heavy atom. The first kappa shape index (κ1) is 22.8. The number of esters is 1. The number of sulfonamides is 1. The first-order valence-corrected chi connectivity index (χ1v) is 11.5. The van der Waals surface area contributed by atoms with Gasteiger partial charge >= 0.3 is 5.97 Å². The number of hydrogen-bond donors (Lipinski definition) is 0. The van der Waals surface area contributed by atoms with Crippen molar-refractivity contribution in [3.05, 3.63) is 89.6 Å². The van der Waals surface area contributed by atoms with Crippen molar-refractivity contribution in [1.29, 1.82) is 0 Å². The number of nitrogens with zero attached hydrogens (tertiary/aromatic N) is 1. The largest absolute Gasteiger partial charge is 0.466 e. The van der Waals surface area contributed by atoms with E-state index in [1.54, 1.807) is 36.5 Å². The predicted octanol–water partition coefficient (Wildman–Crippen LogP) is 4.15. The molecule has 1 aliphatic rings. The lowest BCUT2D eigenvalue weighted by molar-refractivity contribution is -0.134. The molecule has 0 saturated heterocycles. The van der Waals surface area contributed by atoms with Crippen LogP contribution in [0.3, 0.4) is 0 Å². The second-order valence-corrected chi connectivity index (χ2v) is 9.09. The Morgan fingerprint density at radius 3 is 2.42 bits per heavy atom. The van der Waals surface area contributed by atoms with Crippen molar-refractivity contribution < 1.29 is 22.7 Å². The van der Waals surface area contributed by atoms with Crippen LogP contribution in [0, 0.1) is 6.92 Å². The fourth-order valence-electron chi connectivity index (χ4n) is 3.56. The molecule has 0 aliphatic carbocycles. The van der Waals surface area contributed by atoms with Crippen molar-refractivity contribution in [2.75, 3.05) is 13.7 Å². The van der Waals surface area contributed by atoms with E-state index in [4.69, 9.17) is 9.47 Å². The molecular formula is C24H27NO5S. The van der Waals surface area contributed by atoms with Gasteiger partial charge in [-0.1, -0.05) is 48.0 Å². The molecule has 0 amide bonds. The molecule has 164 valence electrons. The van der Waals surface area contributed by atoms with E-state index in [0.717, 1.165) is 11.1 Å². The van der Waals surface area contributed by atoms with Gasteiger partial charge in [0.1, 0.15) is 6.23 Å². The molecule has 1 heterocycles. The van der Waals surface area contributed by atoms with E-state index < -0.39 is 22.2 Å². The molecule has 0 unspecified atom stereocenters. The smallest absolute Gasteiger partial charge is 0.330 e. The van der Waals surface area contributed by atoms with Gasteiger partial charge in [0.2, 0.25) is 0 Å². The van der Waals surface area contributed by atoms with Crippen LogP contribution in [0.4, 0.5) is 0 Å². The third-order valence-electron chi connectivity index (χ3n) is 5.17. The molecule has 0 bridgehead atoms. The molecule has 0 N–H and O–H groups in total. The van der Waals surface area contributed by atoms with Gasteiger partial charge in [0.15, 0.2) is 0 Å². The minimum atomic E-state index is -3.85. The van der Waals surface area contributed by atoms with E-state index in [2.05, 4.69) is 0 Å². The first-order valence-electron chi connectivity index (χ1n) is 10.1. The standard InChI is InChI=1S/C24H27NO5S/c1-4-30-23-16-22(19-8-6-5-7-9-19)20(12-15-24(26)29-3)17-25(23)31(27,28)21-13-10-18(2)11-14-21/h5-15,17,22-23H,4,16H2,1-3H3/b15-12+/t22-,23-/m0/s1. The summed E-state index contributed by atoms with van der Waals surface area (Å²) in [7, 11) is -2.55. The number of rotatable bonds is 7. The van der Waals surface area contributed by atoms with E-state index in [1.807, 2.05) is 44.2 Å². The van der Waals surface area contributed by atoms with Crippen LogP contribution in [0.5, 0.6) is 0 Å². The Bertz CT molecular complexity index is 1060. The summed E-state index contributed by atoms with van der Waals surface area (Å²) in [5, 5.41) is 0. The van der Waals surface area contributed by atoms with Gasteiger partial charge in [-0.05, 0) is 43.2 Å². The Morgan fingerprint density at radius 1 is 1.13 bits per heavy atom. The van der Waals surface area contributed by atoms with Crippen LogP contribution in [-0.2, 0) is 24.3 Å². The van der Waals surface area contributed by atoms with E-state index >= 15 is 0 Å². The van der Waals surface area contributed by atoms with Crippen molar-refractivity contribution >= 4 is 16.0 Å². The Labute approximate surface area is 183 Å². The van der Waals surface area contributed by atoms with Crippen molar-refractivity contribution in [2.45, 2.75) is 37.3 Å². The Hall–Kier alpha value is -2.90. The molecular weight excluding hydrogens is 414 g/mol. The van der Waals surface area contributed by atoms with Gasteiger partial charge in [0.25, 0.3) is 10.0 Å². The number of hydrogen-bond acceptors (Lipinski definition) is 5. The quantitative estimate of drug-likeness (QED) is 0.477. The first-order chi connectivity index (χ1) is 14.9. The van der Waals surface area contributed by atoms with E-state index in [1.165, 1.54) is 17.5 Å². The van der Waals surface area contributed by atoms with Gasteiger partial charge in [-0.15, -0.1) is 0 Å². The number of allylic oxidation sites excluding steroid dienone is 2. The molecule has 2 atom stereocenters. The molecule has 0 fully saturated rings. The lowest BCUT2D eigenvalue weighted by Gasteiger charge is -2.37. The highest BCUT2D eigenvalue weighted by atomic mass is 32.2. The second-order valence-electron chi connectivity index (χ2n) is 7.24. The summed E-state index contributed by atoms with van der Waals surface area (Å²) < 4.78 is 38.7. The van der Waals surface area contributed by atoms with Crippen molar-refractivity contribution in [3.63, 3.8) is 0 Å². The maximum atomic E-state index is 13.5. The minimum absolute atomic E-state index is 0.136. The number of ether oxygens (including phenoxy) is 2. The average Bonchev–Trinajstić information content (AvgIpc) is 2.78. The summed E-state index contributed by atoms with van der Waals surface area (Å²) in [5.41, 5.74) is 2.67. The van der Waals surface area contributed by atoms with E-state index in [-0.39, 0.29) is 10.8 Å². The SMILES string of the molecule is CCO[C@H]1C[C@@H](c2ccccc2)C(/C=C/C(=O)OC)=CN1S(=O)(=O)c1ccc(C)cc1. The number of benzene rings is 2. The summed E-state index contributed by atoms with van der Waals surface area (Å²) in [4.78, 5) is 11.9. The third-order valence-corrected chi connectivity index (χ3v) is 6.93. The topological polar surface area (TPSA) is 72.9 Å². The minimum Gasteiger partial charge on any atom is -0.466 e. The summed E-state index contributed by atoms with van der Waals surface area (Å²) >= 11 is 0. The molecule has 0 saturated carbocycles. The molecule has 3 rings (SSSR count). The lowest BCUT2D eigenvalue weighted by atomic mass is 9.86. The Balaban J connectivity index is 2.10. The lowest BCUT2D eigenvalue weighted by Crippen LogP contribution is -2.42. The zero-order chi connectivity index (χ0) is 22.4. The molecule has 2 aromatic rings. The summed E-state index contributed by atoms with van der Waals surface area (Å²) in [6.45, 7) is 4.11. The highest BCUT2D eigenvalue weighted by Crippen LogP contribution is 2.38. The number of methoxy groups -OCH3 is 1. The van der Waals surface area contributed by atoms with Gasteiger partial charge in [-0.25, -0.2) is 17.5 Å². The van der Waals surface area contributed by atoms with Crippen molar-refractivity contribution in [3.8, 4) is 0 Å². The molecule has 6 nitrogen and oxygen atoms in total. The summed E-state index contributed by atoms with van der Waals surface area (Å²) in [5.74, 6) is -0.643. The molecule has 1 aliphatic heterocycles. The summed E-state index contributed by atoms with van der Waals surface area (Å²) in [6, 6.07) is 16.5. The van der Waals surface area contributed by atoms with E-state index in [9.17, 15) is 13.2 Å². The van der Waals surface area contributed by atoms with Crippen molar-refractivity contribution in [2.24, 2.45) is 0 Å². The maximum absolute atomic E-state index is 13.5. The fourth-order valence-corrected chi connectivity index (χ4v) is 5.00. The molecule has 0 radical (unpaired) electrons. The zero-order valence-electron chi connectivity index (χ0n) is 17.9. The monoisotopic (exact) mass is 441 g/mol. The number of aryl methyl sites for hydroxylation is 1. The molecule has 0 aromatic heterocycles. The Kier molecular flexibility index (Phi) is 7.30. The number of carbonyl (C=O) groups is 1. The van der Waals surface area contributed by atoms with Crippen LogP contribution >= 0.6 is 0 Å². The maximum Gasteiger partial charge on any atom is 0.330 e. The van der Waals surface area contributed by atoms with Crippen LogP contribution in [0.2, 0.25) is 0 Å². The van der Waals surface area contributed by atoms with Crippen LogP contribution in [0.25, 0.3) is 0 Å². The second kappa shape index (κ2) is 9.94. The van der Waals surface area contributed by atoms with Crippen LogP contribution < -0.4 is 0 Å². The van der Waals surface area contributed by atoms with Gasteiger partial charge in [-0.3, -0.25) is 0 Å². The van der Waals surface area contributed by atoms with Gasteiger partial charge in [-0.2, -0.15) is 0 Å². The third kappa shape index (κ3) is 5.24. The van der Waals surface area contributed by atoms with E-state index in [0.29, 0.717) is 18.6 Å². The predicted molar refractivity (Wildman–Crippen MR) is 119 cm³/mol. The van der Waals surface area contributed by atoms with Gasteiger partial charge in [0.05, 0.1) is 12.0 Å². The average molecular weight is 442 g/mol. The van der Waals surface area contributed by atoms with Gasteiger partial charge < -0.3 is 9.47 Å². The normalized spacial score (nSPS) is 19.3. The van der Waals surface area contributed by atoms with Crippen LogP contribution in [-0.4, -0.2) is 38.6 Å². The highest BCUT2D eigenvalue weighted by Gasteiger charge is 2.36. The van der Waals surface area contributed by atoms with Gasteiger partial charge in [0, 0.05) is 31.2 Å². The fraction of sp³-hybridized carbons (Fsp3) is 0.292. The molecule has 0 spiro atoms. The molecule has 7 heteroatoms. The summed E-state index contributed by atoms with van der Waals surface area (Å²) in [6.07, 6.45) is 4.23. The molecule has 2 aromatic carbocycles. The van der Waals surface area contributed by atoms with Crippen LogP contribution in [0.15, 0.2) is 83.4 Å².